The van der Waals surface area contributed by atoms with Crippen molar-refractivity contribution in [3.63, 3.8) is 0 Å². The Labute approximate surface area is 109 Å². The van der Waals surface area contributed by atoms with E-state index in [1.807, 2.05) is 0 Å². The van der Waals surface area contributed by atoms with E-state index < -0.39 is 28.6 Å². The van der Waals surface area contributed by atoms with Crippen LogP contribution in [0.15, 0.2) is 18.2 Å². The Morgan fingerprint density at radius 3 is 2.61 bits per heavy atom. The summed E-state index contributed by atoms with van der Waals surface area (Å²) in [5.74, 6) is -1.99. The lowest BCUT2D eigenvalue weighted by atomic mass is 10.2. The number of halogens is 4. The molecule has 0 aromatic heterocycles. The molecule has 0 saturated carbocycles. The summed E-state index contributed by atoms with van der Waals surface area (Å²) >= 11 is 10.0. The number of alkyl halides is 3. The molecule has 0 amide bonds. The average molecular weight is 300 g/mol. The number of hydrogen-bond acceptors (Lipinski definition) is 4. The largest absolute Gasteiger partial charge is 0.455 e. The van der Waals surface area contributed by atoms with Crippen LogP contribution in [0.25, 0.3) is 0 Å². The van der Waals surface area contributed by atoms with Gasteiger partial charge in [-0.2, -0.15) is 8.78 Å². The molecule has 0 aliphatic carbocycles. The third kappa shape index (κ3) is 3.78. The minimum atomic E-state index is -4.17. The van der Waals surface area contributed by atoms with Gasteiger partial charge in [0, 0.05) is 11.1 Å². The molecule has 0 radical (unpaired) electrons. The van der Waals surface area contributed by atoms with Crippen LogP contribution in [0.4, 0.5) is 14.5 Å². The molecular formula is C9H5Cl2F2NO4. The predicted molar refractivity (Wildman–Crippen MR) is 58.7 cm³/mol. The third-order valence-corrected chi connectivity index (χ3v) is 2.22. The first-order valence-corrected chi connectivity index (χ1v) is 5.14. The van der Waals surface area contributed by atoms with E-state index >= 15 is 0 Å². The molecular weight excluding hydrogens is 295 g/mol. The number of carbonyl (C=O) groups is 1. The van der Waals surface area contributed by atoms with Crippen LogP contribution in [0, 0.1) is 10.1 Å². The molecule has 9 heteroatoms. The van der Waals surface area contributed by atoms with Crippen LogP contribution in [0.2, 0.25) is 5.02 Å². The normalized spacial score (nSPS) is 11.1. The van der Waals surface area contributed by atoms with E-state index in [0.29, 0.717) is 0 Å². The zero-order valence-corrected chi connectivity index (χ0v) is 10.0. The summed E-state index contributed by atoms with van der Waals surface area (Å²) in [4.78, 5) is 20.6. The van der Waals surface area contributed by atoms with E-state index in [4.69, 9.17) is 11.6 Å². The van der Waals surface area contributed by atoms with Gasteiger partial charge in [-0.3, -0.25) is 10.1 Å². The molecule has 18 heavy (non-hydrogen) atoms. The number of ether oxygens (including phenoxy) is 1. The van der Waals surface area contributed by atoms with Crippen LogP contribution in [-0.2, 0) is 16.1 Å². The van der Waals surface area contributed by atoms with Gasteiger partial charge in [0.05, 0.1) is 10.5 Å². The summed E-state index contributed by atoms with van der Waals surface area (Å²) in [5.41, 5.74) is -0.508. The number of rotatable bonds is 4. The van der Waals surface area contributed by atoms with Crippen molar-refractivity contribution in [1.82, 2.24) is 0 Å². The highest BCUT2D eigenvalue weighted by molar-refractivity contribution is 6.31. The zero-order chi connectivity index (χ0) is 13.9. The van der Waals surface area contributed by atoms with Crippen LogP contribution in [0.3, 0.4) is 0 Å². The molecule has 0 aliphatic rings. The molecule has 0 N–H and O–H groups in total. The van der Waals surface area contributed by atoms with E-state index in [-0.39, 0.29) is 10.6 Å². The maximum atomic E-state index is 12.3. The molecule has 0 bridgehead atoms. The Morgan fingerprint density at radius 1 is 1.50 bits per heavy atom. The molecule has 0 saturated heterocycles. The lowest BCUT2D eigenvalue weighted by Gasteiger charge is -2.08. The number of esters is 1. The lowest BCUT2D eigenvalue weighted by molar-refractivity contribution is -0.385. The second-order valence-corrected chi connectivity index (χ2v) is 4.02. The van der Waals surface area contributed by atoms with Gasteiger partial charge >= 0.3 is 11.4 Å². The molecule has 1 aromatic rings. The highest BCUT2D eigenvalue weighted by atomic mass is 35.5. The molecule has 1 aromatic carbocycles. The Balaban J connectivity index is 2.87. The van der Waals surface area contributed by atoms with E-state index in [1.165, 1.54) is 6.07 Å². The number of nitrogens with zero attached hydrogens (tertiary/aromatic N) is 1. The zero-order valence-electron chi connectivity index (χ0n) is 8.53. The summed E-state index contributed by atoms with van der Waals surface area (Å²) in [6, 6.07) is 3.46. The fourth-order valence-corrected chi connectivity index (χ4v) is 1.32. The van der Waals surface area contributed by atoms with Gasteiger partial charge in [0.1, 0.15) is 6.61 Å². The van der Waals surface area contributed by atoms with Crippen LogP contribution < -0.4 is 0 Å². The SMILES string of the molecule is O=C(OCc1cc(Cl)ccc1[N+](=O)[O-])C(F)(F)Cl. The van der Waals surface area contributed by atoms with E-state index in [0.717, 1.165) is 12.1 Å². The average Bonchev–Trinajstić information content (AvgIpc) is 2.24. The van der Waals surface area contributed by atoms with Gasteiger partial charge in [-0.05, 0) is 23.7 Å². The number of nitro benzene ring substituents is 1. The van der Waals surface area contributed by atoms with E-state index in [2.05, 4.69) is 16.3 Å². The van der Waals surface area contributed by atoms with Crippen LogP contribution in [-0.4, -0.2) is 16.3 Å². The maximum absolute atomic E-state index is 12.3. The standard InChI is InChI=1S/C9H5Cl2F2NO4/c10-6-1-2-7(14(16)17)5(3-6)4-18-8(15)9(11,12)13/h1-3H,4H2. The van der Waals surface area contributed by atoms with Gasteiger partial charge in [0.15, 0.2) is 0 Å². The van der Waals surface area contributed by atoms with Gasteiger partial charge in [0.25, 0.3) is 5.69 Å². The highest BCUT2D eigenvalue weighted by Crippen LogP contribution is 2.25. The van der Waals surface area contributed by atoms with Crippen LogP contribution in [0.1, 0.15) is 5.56 Å². The molecule has 0 unspecified atom stereocenters. The van der Waals surface area contributed by atoms with Crippen molar-refractivity contribution >= 4 is 34.9 Å². The molecule has 0 aliphatic heterocycles. The first kappa shape index (κ1) is 14.6. The van der Waals surface area contributed by atoms with Gasteiger partial charge < -0.3 is 4.74 Å². The van der Waals surface area contributed by atoms with Gasteiger partial charge in [-0.25, -0.2) is 4.79 Å². The molecule has 5 nitrogen and oxygen atoms in total. The first-order chi connectivity index (χ1) is 8.21. The first-order valence-electron chi connectivity index (χ1n) is 4.38. The summed E-state index contributed by atoms with van der Waals surface area (Å²) in [5, 5.41) is 6.59. The molecule has 0 heterocycles. The topological polar surface area (TPSA) is 69.4 Å². The van der Waals surface area contributed by atoms with Crippen molar-refractivity contribution in [3.05, 3.63) is 38.9 Å². The van der Waals surface area contributed by atoms with Crippen LogP contribution in [0.5, 0.6) is 0 Å². The van der Waals surface area contributed by atoms with Crippen molar-refractivity contribution < 1.29 is 23.2 Å². The van der Waals surface area contributed by atoms with Gasteiger partial charge in [-0.15, -0.1) is 0 Å². The Hall–Kier alpha value is -1.47. The number of nitro groups is 1. The summed E-state index contributed by atoms with van der Waals surface area (Å²) in [6.07, 6.45) is 0. The number of carbonyl (C=O) groups excluding carboxylic acids is 1. The molecule has 0 fully saturated rings. The lowest BCUT2D eigenvalue weighted by Crippen LogP contribution is -2.24. The summed E-state index contributed by atoms with van der Waals surface area (Å²) in [6.45, 7) is -0.724. The highest BCUT2D eigenvalue weighted by Gasteiger charge is 2.38. The number of hydrogen-bond donors (Lipinski definition) is 0. The Kier molecular flexibility index (Phi) is 4.42. The van der Waals surface area contributed by atoms with E-state index in [9.17, 15) is 23.7 Å². The third-order valence-electron chi connectivity index (χ3n) is 1.83. The molecule has 0 atom stereocenters. The van der Waals surface area contributed by atoms with E-state index in [1.54, 1.807) is 0 Å². The van der Waals surface area contributed by atoms with Crippen molar-refractivity contribution in [2.75, 3.05) is 0 Å². The number of benzene rings is 1. The van der Waals surface area contributed by atoms with Gasteiger partial charge in [-0.1, -0.05) is 11.6 Å². The second-order valence-electron chi connectivity index (χ2n) is 3.10. The molecule has 98 valence electrons. The summed E-state index contributed by atoms with van der Waals surface area (Å²) < 4.78 is 28.7. The van der Waals surface area contributed by atoms with Gasteiger partial charge in [0.2, 0.25) is 0 Å². The predicted octanol–water partition coefficient (Wildman–Crippen LogP) is 3.12. The van der Waals surface area contributed by atoms with Crippen molar-refractivity contribution in [1.29, 1.82) is 0 Å². The fraction of sp³-hybridized carbons (Fsp3) is 0.222. The minimum Gasteiger partial charge on any atom is -0.455 e. The molecule has 0 spiro atoms. The van der Waals surface area contributed by atoms with Crippen molar-refractivity contribution in [2.24, 2.45) is 0 Å². The second kappa shape index (κ2) is 5.45. The molecule has 1 rings (SSSR count). The fourth-order valence-electron chi connectivity index (χ4n) is 1.07. The smallest absolute Gasteiger partial charge is 0.417 e. The van der Waals surface area contributed by atoms with Crippen LogP contribution >= 0.6 is 23.2 Å². The van der Waals surface area contributed by atoms with Crippen molar-refractivity contribution in [3.8, 4) is 0 Å². The monoisotopic (exact) mass is 299 g/mol. The Morgan fingerprint density at radius 2 is 2.11 bits per heavy atom. The maximum Gasteiger partial charge on any atom is 0.417 e. The Bertz CT molecular complexity index is 490. The minimum absolute atomic E-state index is 0.109. The van der Waals surface area contributed by atoms with Crippen molar-refractivity contribution in [2.45, 2.75) is 12.0 Å². The quantitative estimate of drug-likeness (QED) is 0.371. The summed E-state index contributed by atoms with van der Waals surface area (Å²) in [7, 11) is 0.